The number of hydrazine groups is 1. The van der Waals surface area contributed by atoms with E-state index in [0.29, 0.717) is 17.2 Å². The zero-order valence-electron chi connectivity index (χ0n) is 13.9. The molecular formula is C17H29N3O. The number of anilines is 1. The number of rotatable bonds is 7. The van der Waals surface area contributed by atoms with Crippen molar-refractivity contribution < 1.29 is 4.79 Å². The maximum atomic E-state index is 13.0. The number of hydrogen-bond acceptors (Lipinski definition) is 3. The molecule has 0 spiro atoms. The average Bonchev–Trinajstić information content (AvgIpc) is 2.46. The van der Waals surface area contributed by atoms with Gasteiger partial charge in [-0.25, -0.2) is 0 Å². The van der Waals surface area contributed by atoms with E-state index in [-0.39, 0.29) is 11.9 Å². The number of nitrogen functional groups attached to an aromatic ring is 1. The second-order valence-corrected chi connectivity index (χ2v) is 6.02. The van der Waals surface area contributed by atoms with Crippen LogP contribution in [0.25, 0.3) is 0 Å². The lowest BCUT2D eigenvalue weighted by Gasteiger charge is -2.32. The third-order valence-corrected chi connectivity index (χ3v) is 3.77. The van der Waals surface area contributed by atoms with Gasteiger partial charge >= 0.3 is 0 Å². The summed E-state index contributed by atoms with van der Waals surface area (Å²) in [5.74, 6) is 6.06. The highest BCUT2D eigenvalue weighted by Crippen LogP contribution is 2.22. The van der Waals surface area contributed by atoms with Gasteiger partial charge in [0.05, 0.1) is 11.3 Å². The van der Waals surface area contributed by atoms with Crippen LogP contribution in [-0.2, 0) is 0 Å². The Bertz CT molecular complexity index is 467. The molecule has 0 unspecified atom stereocenters. The maximum absolute atomic E-state index is 13.0. The monoisotopic (exact) mass is 291 g/mol. The standard InChI is InChI=1S/C17H29N3O/c1-6-14(7-2)20(11-12(3)4)17(21)15-10-13(5)8-9-16(15)19-18/h8-10,12,14,19H,6-7,11,18H2,1-5H3. The fraction of sp³-hybridized carbons (Fsp3) is 0.588. The summed E-state index contributed by atoms with van der Waals surface area (Å²) >= 11 is 0. The number of carbonyl (C=O) groups is 1. The molecule has 4 nitrogen and oxygen atoms in total. The maximum Gasteiger partial charge on any atom is 0.256 e. The van der Waals surface area contributed by atoms with Gasteiger partial charge in [-0.05, 0) is 37.8 Å². The molecule has 21 heavy (non-hydrogen) atoms. The molecule has 118 valence electrons. The molecule has 4 heteroatoms. The Balaban J connectivity index is 3.18. The predicted octanol–water partition coefficient (Wildman–Crippen LogP) is 3.57. The van der Waals surface area contributed by atoms with Gasteiger partial charge in [0.2, 0.25) is 0 Å². The Kier molecular flexibility index (Phi) is 6.69. The second-order valence-electron chi connectivity index (χ2n) is 6.02. The zero-order valence-corrected chi connectivity index (χ0v) is 13.9. The minimum absolute atomic E-state index is 0.0639. The Hall–Kier alpha value is -1.55. The van der Waals surface area contributed by atoms with Crippen molar-refractivity contribution >= 4 is 11.6 Å². The molecule has 0 radical (unpaired) electrons. The van der Waals surface area contributed by atoms with Crippen LogP contribution in [-0.4, -0.2) is 23.4 Å². The minimum atomic E-state index is 0.0639. The van der Waals surface area contributed by atoms with Gasteiger partial charge in [0, 0.05) is 12.6 Å². The highest BCUT2D eigenvalue weighted by molar-refractivity contribution is 6.00. The number of hydrogen-bond donors (Lipinski definition) is 2. The van der Waals surface area contributed by atoms with E-state index in [2.05, 4.69) is 33.1 Å². The summed E-state index contributed by atoms with van der Waals surface area (Å²) in [6.45, 7) is 11.3. The molecule has 0 aliphatic heterocycles. The minimum Gasteiger partial charge on any atom is -0.335 e. The summed E-state index contributed by atoms with van der Waals surface area (Å²) in [4.78, 5) is 15.0. The number of benzene rings is 1. The van der Waals surface area contributed by atoms with Gasteiger partial charge in [0.15, 0.2) is 0 Å². The molecule has 1 rings (SSSR count). The Labute approximate surface area is 128 Å². The molecule has 3 N–H and O–H groups in total. The fourth-order valence-corrected chi connectivity index (χ4v) is 2.64. The number of carbonyl (C=O) groups excluding carboxylic acids is 1. The van der Waals surface area contributed by atoms with Crippen LogP contribution in [0.4, 0.5) is 5.69 Å². The molecule has 1 amide bonds. The number of nitrogens with two attached hydrogens (primary N) is 1. The first-order chi connectivity index (χ1) is 9.94. The van der Waals surface area contributed by atoms with Crippen LogP contribution in [0.15, 0.2) is 18.2 Å². The van der Waals surface area contributed by atoms with Crippen LogP contribution in [0, 0.1) is 12.8 Å². The van der Waals surface area contributed by atoms with Crippen LogP contribution in [0.5, 0.6) is 0 Å². The molecule has 0 fully saturated rings. The largest absolute Gasteiger partial charge is 0.335 e. The highest BCUT2D eigenvalue weighted by Gasteiger charge is 2.25. The molecule has 0 aromatic heterocycles. The predicted molar refractivity (Wildman–Crippen MR) is 89.2 cm³/mol. The van der Waals surface area contributed by atoms with Crippen molar-refractivity contribution in [1.82, 2.24) is 4.90 Å². The third-order valence-electron chi connectivity index (χ3n) is 3.77. The van der Waals surface area contributed by atoms with Crippen molar-refractivity contribution in [3.63, 3.8) is 0 Å². The van der Waals surface area contributed by atoms with Gasteiger partial charge in [-0.15, -0.1) is 0 Å². The third kappa shape index (κ3) is 4.46. The average molecular weight is 291 g/mol. The smallest absolute Gasteiger partial charge is 0.256 e. The second kappa shape index (κ2) is 8.03. The summed E-state index contributed by atoms with van der Waals surface area (Å²) in [6, 6.07) is 6.00. The summed E-state index contributed by atoms with van der Waals surface area (Å²) in [6.07, 6.45) is 1.93. The van der Waals surface area contributed by atoms with Gasteiger partial charge in [0.1, 0.15) is 0 Å². The van der Waals surface area contributed by atoms with Crippen molar-refractivity contribution in [2.45, 2.75) is 53.5 Å². The van der Waals surface area contributed by atoms with Crippen molar-refractivity contribution in [3.8, 4) is 0 Å². The van der Waals surface area contributed by atoms with Gasteiger partial charge in [-0.1, -0.05) is 39.3 Å². The first kappa shape index (κ1) is 17.5. The van der Waals surface area contributed by atoms with E-state index in [1.807, 2.05) is 30.0 Å². The Morgan fingerprint density at radius 3 is 2.38 bits per heavy atom. The van der Waals surface area contributed by atoms with E-state index in [9.17, 15) is 4.79 Å². The van der Waals surface area contributed by atoms with Gasteiger partial charge < -0.3 is 10.3 Å². The summed E-state index contributed by atoms with van der Waals surface area (Å²) in [5.41, 5.74) is 5.04. The lowest BCUT2D eigenvalue weighted by atomic mass is 10.0. The molecule has 0 bridgehead atoms. The van der Waals surface area contributed by atoms with E-state index in [0.717, 1.165) is 24.9 Å². The molecule has 0 aliphatic carbocycles. The van der Waals surface area contributed by atoms with E-state index in [1.165, 1.54) is 0 Å². The molecule has 1 aromatic rings. The van der Waals surface area contributed by atoms with Crippen LogP contribution < -0.4 is 11.3 Å². The van der Waals surface area contributed by atoms with E-state index < -0.39 is 0 Å². The van der Waals surface area contributed by atoms with E-state index in [4.69, 9.17) is 5.84 Å². The van der Waals surface area contributed by atoms with E-state index >= 15 is 0 Å². The first-order valence-electron chi connectivity index (χ1n) is 7.82. The molecule has 1 aromatic carbocycles. The summed E-state index contributed by atoms with van der Waals surface area (Å²) < 4.78 is 0. The van der Waals surface area contributed by atoms with Crippen molar-refractivity contribution in [3.05, 3.63) is 29.3 Å². The molecule has 0 atom stereocenters. The molecule has 0 aliphatic rings. The fourth-order valence-electron chi connectivity index (χ4n) is 2.64. The first-order valence-corrected chi connectivity index (χ1v) is 7.82. The van der Waals surface area contributed by atoms with Crippen molar-refractivity contribution in [1.29, 1.82) is 0 Å². The van der Waals surface area contributed by atoms with Crippen LogP contribution >= 0.6 is 0 Å². The lowest BCUT2D eigenvalue weighted by Crippen LogP contribution is -2.42. The SMILES string of the molecule is CCC(CC)N(CC(C)C)C(=O)c1cc(C)ccc1NN. The molecule has 0 heterocycles. The van der Waals surface area contributed by atoms with E-state index in [1.54, 1.807) is 0 Å². The van der Waals surface area contributed by atoms with Gasteiger partial charge in [-0.2, -0.15) is 0 Å². The molecular weight excluding hydrogens is 262 g/mol. The summed E-state index contributed by atoms with van der Waals surface area (Å²) in [7, 11) is 0. The van der Waals surface area contributed by atoms with Gasteiger partial charge in [-0.3, -0.25) is 10.6 Å². The lowest BCUT2D eigenvalue weighted by molar-refractivity contribution is 0.0641. The quantitative estimate of drug-likeness (QED) is 0.596. The van der Waals surface area contributed by atoms with Crippen LogP contribution in [0.1, 0.15) is 56.5 Å². The number of nitrogens with zero attached hydrogens (tertiary/aromatic N) is 1. The summed E-state index contributed by atoms with van der Waals surface area (Å²) in [5, 5.41) is 0. The highest BCUT2D eigenvalue weighted by atomic mass is 16.2. The normalized spacial score (nSPS) is 11.0. The van der Waals surface area contributed by atoms with Gasteiger partial charge in [0.25, 0.3) is 5.91 Å². The number of amides is 1. The Morgan fingerprint density at radius 2 is 1.90 bits per heavy atom. The topological polar surface area (TPSA) is 58.4 Å². The number of aryl methyl sites for hydroxylation is 1. The van der Waals surface area contributed by atoms with Crippen LogP contribution in [0.3, 0.4) is 0 Å². The van der Waals surface area contributed by atoms with Crippen molar-refractivity contribution in [2.24, 2.45) is 11.8 Å². The number of nitrogens with one attached hydrogen (secondary N) is 1. The molecule has 0 saturated heterocycles. The molecule has 0 saturated carbocycles. The zero-order chi connectivity index (χ0) is 16.0. The Morgan fingerprint density at radius 1 is 1.29 bits per heavy atom. The van der Waals surface area contributed by atoms with Crippen LogP contribution in [0.2, 0.25) is 0 Å². The van der Waals surface area contributed by atoms with Crippen molar-refractivity contribution in [2.75, 3.05) is 12.0 Å².